The molecule has 4 nitrogen and oxygen atoms in total. The van der Waals surface area contributed by atoms with Gasteiger partial charge in [0.05, 0.1) is 12.1 Å². The van der Waals surface area contributed by atoms with Gasteiger partial charge < -0.3 is 10.7 Å². The molecular formula is C7H9ClN4. The van der Waals surface area contributed by atoms with E-state index in [0.29, 0.717) is 6.54 Å². The molecule has 0 aliphatic rings. The van der Waals surface area contributed by atoms with Crippen molar-refractivity contribution in [1.82, 2.24) is 15.0 Å². The lowest BCUT2D eigenvalue weighted by Crippen LogP contribution is -1.97. The number of nitrogens with one attached hydrogen (secondary N) is 1. The highest BCUT2D eigenvalue weighted by molar-refractivity contribution is 5.85. The second-order valence-electron chi connectivity index (χ2n) is 2.26. The number of pyridine rings is 1. The second kappa shape index (κ2) is 3.51. The molecule has 0 spiro atoms. The molecule has 2 aromatic heterocycles. The summed E-state index contributed by atoms with van der Waals surface area (Å²) in [6.45, 7) is 0.427. The van der Waals surface area contributed by atoms with Crippen LogP contribution >= 0.6 is 12.4 Å². The lowest BCUT2D eigenvalue weighted by Gasteiger charge is -1.81. The zero-order chi connectivity index (χ0) is 7.68. The van der Waals surface area contributed by atoms with Crippen LogP contribution in [0.5, 0.6) is 0 Å². The van der Waals surface area contributed by atoms with Crippen LogP contribution < -0.4 is 5.73 Å². The van der Waals surface area contributed by atoms with Gasteiger partial charge in [0.2, 0.25) is 0 Å². The monoisotopic (exact) mass is 184 g/mol. The number of nitrogens with zero attached hydrogens (tertiary/aromatic N) is 2. The first-order chi connectivity index (χ1) is 5.40. The lowest BCUT2D eigenvalue weighted by atomic mass is 10.4. The molecule has 3 N–H and O–H groups in total. The number of rotatable bonds is 1. The van der Waals surface area contributed by atoms with E-state index in [0.717, 1.165) is 17.0 Å². The van der Waals surface area contributed by atoms with Gasteiger partial charge in [-0.2, -0.15) is 0 Å². The van der Waals surface area contributed by atoms with Crippen molar-refractivity contribution in [1.29, 1.82) is 0 Å². The van der Waals surface area contributed by atoms with E-state index < -0.39 is 0 Å². The van der Waals surface area contributed by atoms with E-state index >= 15 is 0 Å². The number of hydrogen-bond donors (Lipinski definition) is 2. The molecule has 64 valence electrons. The molecule has 12 heavy (non-hydrogen) atoms. The molecule has 2 heterocycles. The second-order valence-corrected chi connectivity index (χ2v) is 2.26. The van der Waals surface area contributed by atoms with Crippen LogP contribution in [0.3, 0.4) is 0 Å². The fraction of sp³-hybridized carbons (Fsp3) is 0.143. The summed E-state index contributed by atoms with van der Waals surface area (Å²) in [5.74, 6) is 0.777. The predicted octanol–water partition coefficient (Wildman–Crippen LogP) is 0.838. The van der Waals surface area contributed by atoms with E-state index in [1.165, 1.54) is 0 Å². The van der Waals surface area contributed by atoms with Crippen molar-refractivity contribution in [2.75, 3.05) is 0 Å². The Balaban J connectivity index is 0.000000720. The molecule has 0 amide bonds. The van der Waals surface area contributed by atoms with Gasteiger partial charge in [0, 0.05) is 6.20 Å². The fourth-order valence-electron chi connectivity index (χ4n) is 0.992. The third-order valence-corrected chi connectivity index (χ3v) is 1.50. The van der Waals surface area contributed by atoms with Crippen molar-refractivity contribution in [3.8, 4) is 0 Å². The van der Waals surface area contributed by atoms with Gasteiger partial charge in [-0.05, 0) is 12.1 Å². The minimum atomic E-state index is 0. The van der Waals surface area contributed by atoms with Gasteiger partial charge in [-0.25, -0.2) is 9.97 Å². The maximum atomic E-state index is 5.39. The summed E-state index contributed by atoms with van der Waals surface area (Å²) in [6.07, 6.45) is 1.71. The quantitative estimate of drug-likeness (QED) is 0.690. The maximum absolute atomic E-state index is 5.39. The Labute approximate surface area is 75.6 Å². The molecule has 2 rings (SSSR count). The first-order valence-corrected chi connectivity index (χ1v) is 3.40. The van der Waals surface area contributed by atoms with Gasteiger partial charge in [-0.3, -0.25) is 0 Å². The molecule has 0 bridgehead atoms. The Morgan fingerprint density at radius 3 is 3.00 bits per heavy atom. The van der Waals surface area contributed by atoms with E-state index in [-0.39, 0.29) is 12.4 Å². The van der Waals surface area contributed by atoms with E-state index in [1.54, 1.807) is 6.20 Å². The molecule has 0 atom stereocenters. The molecule has 0 unspecified atom stereocenters. The average molecular weight is 185 g/mol. The normalized spacial score (nSPS) is 9.75. The molecule has 2 aromatic rings. The fourth-order valence-corrected chi connectivity index (χ4v) is 0.992. The highest BCUT2D eigenvalue weighted by Gasteiger charge is 1.98. The SMILES string of the molecule is Cl.NCc1nc2ncccc2[nH]1. The number of imidazole rings is 1. The molecule has 0 aliphatic heterocycles. The number of nitrogens with two attached hydrogens (primary N) is 1. The van der Waals surface area contributed by atoms with Crippen molar-refractivity contribution < 1.29 is 0 Å². The minimum absolute atomic E-state index is 0. The number of aromatic nitrogens is 3. The Hall–Kier alpha value is -1.13. The Kier molecular flexibility index (Phi) is 2.62. The Morgan fingerprint density at radius 2 is 2.33 bits per heavy atom. The average Bonchev–Trinajstić information content (AvgIpc) is 2.46. The first-order valence-electron chi connectivity index (χ1n) is 3.40. The summed E-state index contributed by atoms with van der Waals surface area (Å²) in [5, 5.41) is 0. The van der Waals surface area contributed by atoms with Gasteiger partial charge in [-0.15, -0.1) is 12.4 Å². The van der Waals surface area contributed by atoms with E-state index in [1.807, 2.05) is 12.1 Å². The molecule has 0 fully saturated rings. The lowest BCUT2D eigenvalue weighted by molar-refractivity contribution is 0.956. The molecule has 0 saturated carbocycles. The van der Waals surface area contributed by atoms with E-state index in [2.05, 4.69) is 15.0 Å². The zero-order valence-electron chi connectivity index (χ0n) is 6.32. The van der Waals surface area contributed by atoms with Crippen molar-refractivity contribution in [2.24, 2.45) is 5.73 Å². The van der Waals surface area contributed by atoms with Crippen LogP contribution in [0.1, 0.15) is 5.82 Å². The largest absolute Gasteiger partial charge is 0.340 e. The van der Waals surface area contributed by atoms with Crippen LogP contribution in [-0.2, 0) is 6.54 Å². The third-order valence-electron chi connectivity index (χ3n) is 1.50. The number of hydrogen-bond acceptors (Lipinski definition) is 3. The number of fused-ring (bicyclic) bond motifs is 1. The highest BCUT2D eigenvalue weighted by atomic mass is 35.5. The van der Waals surface area contributed by atoms with Crippen molar-refractivity contribution in [2.45, 2.75) is 6.54 Å². The Bertz CT molecular complexity index is 337. The van der Waals surface area contributed by atoms with Crippen LogP contribution in [0.2, 0.25) is 0 Å². The number of aromatic amines is 1. The first kappa shape index (κ1) is 8.96. The molecule has 0 radical (unpaired) electrons. The Morgan fingerprint density at radius 1 is 1.50 bits per heavy atom. The van der Waals surface area contributed by atoms with Gasteiger partial charge in [0.1, 0.15) is 5.82 Å². The van der Waals surface area contributed by atoms with Crippen LogP contribution in [-0.4, -0.2) is 15.0 Å². The van der Waals surface area contributed by atoms with Crippen molar-refractivity contribution in [3.05, 3.63) is 24.2 Å². The van der Waals surface area contributed by atoms with Gasteiger partial charge in [0.25, 0.3) is 0 Å². The number of halogens is 1. The van der Waals surface area contributed by atoms with E-state index in [9.17, 15) is 0 Å². The molecular weight excluding hydrogens is 176 g/mol. The van der Waals surface area contributed by atoms with Gasteiger partial charge in [0.15, 0.2) is 5.65 Å². The molecule has 5 heteroatoms. The minimum Gasteiger partial charge on any atom is -0.340 e. The summed E-state index contributed by atoms with van der Waals surface area (Å²) in [6, 6.07) is 3.79. The van der Waals surface area contributed by atoms with Crippen LogP contribution in [0.15, 0.2) is 18.3 Å². The predicted molar refractivity (Wildman–Crippen MR) is 49.0 cm³/mol. The van der Waals surface area contributed by atoms with Crippen molar-refractivity contribution >= 4 is 23.6 Å². The number of H-pyrrole nitrogens is 1. The summed E-state index contributed by atoms with van der Waals surface area (Å²) >= 11 is 0. The molecule has 0 aromatic carbocycles. The zero-order valence-corrected chi connectivity index (χ0v) is 7.14. The van der Waals surface area contributed by atoms with Gasteiger partial charge in [-0.1, -0.05) is 0 Å². The van der Waals surface area contributed by atoms with Crippen LogP contribution in [0.25, 0.3) is 11.2 Å². The maximum Gasteiger partial charge on any atom is 0.177 e. The topological polar surface area (TPSA) is 67.6 Å². The third kappa shape index (κ3) is 1.39. The standard InChI is InChI=1S/C7H8N4.ClH/c8-4-6-10-5-2-1-3-9-7(5)11-6;/h1-3H,4,8H2,(H,9,10,11);1H. The summed E-state index contributed by atoms with van der Waals surface area (Å²) in [5.41, 5.74) is 7.06. The van der Waals surface area contributed by atoms with Crippen LogP contribution in [0.4, 0.5) is 0 Å². The summed E-state index contributed by atoms with van der Waals surface area (Å²) in [4.78, 5) is 11.2. The van der Waals surface area contributed by atoms with Crippen LogP contribution in [0, 0.1) is 0 Å². The van der Waals surface area contributed by atoms with E-state index in [4.69, 9.17) is 5.73 Å². The molecule has 0 saturated heterocycles. The van der Waals surface area contributed by atoms with Gasteiger partial charge >= 0.3 is 0 Å². The van der Waals surface area contributed by atoms with Crippen molar-refractivity contribution in [3.63, 3.8) is 0 Å². The highest BCUT2D eigenvalue weighted by Crippen LogP contribution is 2.05. The summed E-state index contributed by atoms with van der Waals surface area (Å²) < 4.78 is 0. The smallest absolute Gasteiger partial charge is 0.177 e. The molecule has 0 aliphatic carbocycles. The summed E-state index contributed by atoms with van der Waals surface area (Å²) in [7, 11) is 0.